The Morgan fingerprint density at radius 1 is 1.29 bits per heavy atom. The highest BCUT2D eigenvalue weighted by atomic mass is 35.5. The van der Waals surface area contributed by atoms with Crippen LogP contribution in [0.15, 0.2) is 39.8 Å². The molecule has 0 saturated carbocycles. The SMILES string of the molecule is CCc1ccoc1C(=O)NCCNS(=O)(=O)c1ccc(F)cc1Cl. The molecule has 0 saturated heterocycles. The van der Waals surface area contributed by atoms with Crippen molar-refractivity contribution in [3.63, 3.8) is 0 Å². The largest absolute Gasteiger partial charge is 0.459 e. The molecule has 0 bridgehead atoms. The van der Waals surface area contributed by atoms with Crippen molar-refractivity contribution in [2.45, 2.75) is 18.2 Å². The molecule has 0 aliphatic rings. The molecule has 2 rings (SSSR count). The van der Waals surface area contributed by atoms with E-state index >= 15 is 0 Å². The summed E-state index contributed by atoms with van der Waals surface area (Å²) in [5.74, 6) is -0.839. The standard InChI is InChI=1S/C15H16ClFN2O4S/c1-2-10-5-8-23-14(10)15(20)18-6-7-19-24(21,22)13-4-3-11(17)9-12(13)16/h3-5,8-9,19H,2,6-7H2,1H3,(H,18,20). The van der Waals surface area contributed by atoms with E-state index in [4.69, 9.17) is 16.0 Å². The van der Waals surface area contributed by atoms with Gasteiger partial charge in [0.2, 0.25) is 10.0 Å². The minimum absolute atomic E-state index is 0.0516. The third kappa shape index (κ3) is 4.34. The van der Waals surface area contributed by atoms with E-state index in [-0.39, 0.29) is 28.8 Å². The van der Waals surface area contributed by atoms with E-state index in [1.807, 2.05) is 6.92 Å². The van der Waals surface area contributed by atoms with Gasteiger partial charge in [-0.3, -0.25) is 4.79 Å². The lowest BCUT2D eigenvalue weighted by Crippen LogP contribution is -2.35. The van der Waals surface area contributed by atoms with Crippen LogP contribution in [0.3, 0.4) is 0 Å². The van der Waals surface area contributed by atoms with Crippen molar-refractivity contribution in [2.24, 2.45) is 0 Å². The smallest absolute Gasteiger partial charge is 0.287 e. The molecule has 1 heterocycles. The monoisotopic (exact) mass is 374 g/mol. The number of carbonyl (C=O) groups is 1. The van der Waals surface area contributed by atoms with E-state index in [9.17, 15) is 17.6 Å². The van der Waals surface area contributed by atoms with Gasteiger partial charge in [0.05, 0.1) is 11.3 Å². The highest BCUT2D eigenvalue weighted by Gasteiger charge is 2.18. The van der Waals surface area contributed by atoms with Gasteiger partial charge < -0.3 is 9.73 Å². The molecule has 130 valence electrons. The van der Waals surface area contributed by atoms with Crippen LogP contribution >= 0.6 is 11.6 Å². The lowest BCUT2D eigenvalue weighted by molar-refractivity contribution is 0.0925. The van der Waals surface area contributed by atoms with Crippen LogP contribution in [0, 0.1) is 5.82 Å². The van der Waals surface area contributed by atoms with Crippen LogP contribution in [0.1, 0.15) is 23.0 Å². The van der Waals surface area contributed by atoms with Gasteiger partial charge in [0.15, 0.2) is 5.76 Å². The minimum atomic E-state index is -3.90. The molecule has 0 spiro atoms. The van der Waals surface area contributed by atoms with E-state index in [0.29, 0.717) is 6.42 Å². The van der Waals surface area contributed by atoms with Crippen LogP contribution in [0.2, 0.25) is 5.02 Å². The number of sulfonamides is 1. The number of nitrogens with one attached hydrogen (secondary N) is 2. The van der Waals surface area contributed by atoms with Crippen molar-refractivity contribution in [3.05, 3.63) is 52.7 Å². The molecule has 9 heteroatoms. The van der Waals surface area contributed by atoms with Crippen LogP contribution in [-0.2, 0) is 16.4 Å². The fourth-order valence-electron chi connectivity index (χ4n) is 2.03. The highest BCUT2D eigenvalue weighted by Crippen LogP contribution is 2.21. The summed E-state index contributed by atoms with van der Waals surface area (Å²) in [7, 11) is -3.90. The fraction of sp³-hybridized carbons (Fsp3) is 0.267. The Balaban J connectivity index is 1.90. The number of benzene rings is 1. The van der Waals surface area contributed by atoms with Gasteiger partial charge in [-0.1, -0.05) is 18.5 Å². The molecule has 0 radical (unpaired) electrons. The van der Waals surface area contributed by atoms with Gasteiger partial charge in [0, 0.05) is 18.7 Å². The maximum absolute atomic E-state index is 13.0. The molecule has 1 amide bonds. The molecule has 0 atom stereocenters. The Hall–Kier alpha value is -1.90. The minimum Gasteiger partial charge on any atom is -0.459 e. The maximum atomic E-state index is 13.0. The normalized spacial score (nSPS) is 11.5. The van der Waals surface area contributed by atoms with Gasteiger partial charge in [0.1, 0.15) is 10.7 Å². The lowest BCUT2D eigenvalue weighted by atomic mass is 10.2. The summed E-state index contributed by atoms with van der Waals surface area (Å²) in [6.45, 7) is 1.90. The van der Waals surface area contributed by atoms with E-state index < -0.39 is 21.7 Å². The second-order valence-electron chi connectivity index (χ2n) is 4.86. The van der Waals surface area contributed by atoms with Crippen LogP contribution in [0.4, 0.5) is 4.39 Å². The zero-order chi connectivity index (χ0) is 17.7. The van der Waals surface area contributed by atoms with Gasteiger partial charge in [-0.15, -0.1) is 0 Å². The molecule has 6 nitrogen and oxygen atoms in total. The fourth-order valence-corrected chi connectivity index (χ4v) is 3.59. The predicted octanol–water partition coefficient (Wildman–Crippen LogP) is 2.34. The predicted molar refractivity (Wildman–Crippen MR) is 87.0 cm³/mol. The lowest BCUT2D eigenvalue weighted by Gasteiger charge is -2.09. The van der Waals surface area contributed by atoms with E-state index in [2.05, 4.69) is 10.0 Å². The maximum Gasteiger partial charge on any atom is 0.287 e. The van der Waals surface area contributed by atoms with Crippen LogP contribution in [0.25, 0.3) is 0 Å². The van der Waals surface area contributed by atoms with Crippen LogP contribution in [-0.4, -0.2) is 27.4 Å². The Bertz CT molecular complexity index is 836. The first-order chi connectivity index (χ1) is 11.3. The number of hydrogen-bond acceptors (Lipinski definition) is 4. The van der Waals surface area contributed by atoms with E-state index in [1.165, 1.54) is 6.26 Å². The van der Waals surface area contributed by atoms with Crippen molar-refractivity contribution < 1.29 is 22.0 Å². The molecule has 2 aromatic rings. The van der Waals surface area contributed by atoms with Crippen molar-refractivity contribution in [1.82, 2.24) is 10.0 Å². The zero-order valence-corrected chi connectivity index (χ0v) is 14.4. The first kappa shape index (κ1) is 18.4. The summed E-state index contributed by atoms with van der Waals surface area (Å²) in [4.78, 5) is 11.7. The molecule has 0 unspecified atom stereocenters. The molecule has 0 aliphatic carbocycles. The number of rotatable bonds is 7. The number of amides is 1. The summed E-state index contributed by atoms with van der Waals surface area (Å²) in [6, 6.07) is 4.70. The van der Waals surface area contributed by atoms with Crippen LogP contribution < -0.4 is 10.0 Å². The number of halogens is 2. The molecular weight excluding hydrogens is 359 g/mol. The van der Waals surface area contributed by atoms with Gasteiger partial charge in [-0.05, 0) is 30.7 Å². The molecule has 0 fully saturated rings. The quantitative estimate of drug-likeness (QED) is 0.728. The molecule has 1 aromatic heterocycles. The Morgan fingerprint density at radius 2 is 2.04 bits per heavy atom. The Morgan fingerprint density at radius 3 is 2.71 bits per heavy atom. The Kier molecular flexibility index (Phi) is 5.98. The summed E-state index contributed by atoms with van der Waals surface area (Å²) in [5.41, 5.74) is 0.770. The number of furan rings is 1. The molecule has 1 aromatic carbocycles. The Labute approximate surface area is 144 Å². The second kappa shape index (κ2) is 7.78. The van der Waals surface area contributed by atoms with Gasteiger partial charge in [0.25, 0.3) is 5.91 Å². The molecular formula is C15H16ClFN2O4S. The van der Waals surface area contributed by atoms with Gasteiger partial charge in [-0.2, -0.15) is 0 Å². The van der Waals surface area contributed by atoms with Crippen LogP contribution in [0.5, 0.6) is 0 Å². The van der Waals surface area contributed by atoms with E-state index in [1.54, 1.807) is 6.07 Å². The second-order valence-corrected chi connectivity index (χ2v) is 7.00. The first-order valence-corrected chi connectivity index (χ1v) is 9.00. The van der Waals surface area contributed by atoms with Crippen molar-refractivity contribution in [2.75, 3.05) is 13.1 Å². The summed E-state index contributed by atoms with van der Waals surface area (Å²) < 4.78 is 44.5. The van der Waals surface area contributed by atoms with Gasteiger partial charge in [-0.25, -0.2) is 17.5 Å². The number of hydrogen-bond donors (Lipinski definition) is 2. The molecule has 0 aliphatic heterocycles. The van der Waals surface area contributed by atoms with Crippen molar-refractivity contribution in [1.29, 1.82) is 0 Å². The van der Waals surface area contributed by atoms with Gasteiger partial charge >= 0.3 is 0 Å². The topological polar surface area (TPSA) is 88.4 Å². The summed E-state index contributed by atoms with van der Waals surface area (Å²) in [6.07, 6.45) is 2.07. The molecule has 2 N–H and O–H groups in total. The average Bonchev–Trinajstić information content (AvgIpc) is 2.99. The first-order valence-electron chi connectivity index (χ1n) is 7.14. The zero-order valence-electron chi connectivity index (χ0n) is 12.8. The van der Waals surface area contributed by atoms with E-state index in [0.717, 1.165) is 23.8 Å². The number of carbonyl (C=O) groups excluding carboxylic acids is 1. The van der Waals surface area contributed by atoms with Crippen molar-refractivity contribution in [3.8, 4) is 0 Å². The number of aryl methyl sites for hydroxylation is 1. The third-order valence-electron chi connectivity index (χ3n) is 3.22. The summed E-state index contributed by atoms with van der Waals surface area (Å²) >= 11 is 5.74. The third-order valence-corrected chi connectivity index (χ3v) is 5.16. The highest BCUT2D eigenvalue weighted by molar-refractivity contribution is 7.89. The average molecular weight is 375 g/mol. The molecule has 24 heavy (non-hydrogen) atoms. The summed E-state index contributed by atoms with van der Waals surface area (Å²) in [5, 5.41) is 2.34. The van der Waals surface area contributed by atoms with Crippen molar-refractivity contribution >= 4 is 27.5 Å².